The lowest BCUT2D eigenvalue weighted by atomic mass is 9.82. The highest BCUT2D eigenvalue weighted by Gasteiger charge is 2.54. The highest BCUT2D eigenvalue weighted by molar-refractivity contribution is 5.87. The molecule has 0 atom stereocenters. The van der Waals surface area contributed by atoms with E-state index >= 15 is 0 Å². The van der Waals surface area contributed by atoms with Gasteiger partial charge in [-0.15, -0.1) is 12.4 Å². The van der Waals surface area contributed by atoms with Crippen molar-refractivity contribution in [3.8, 4) is 0 Å². The Morgan fingerprint density at radius 3 is 2.19 bits per heavy atom. The average Bonchev–Trinajstić information content (AvgIpc) is 3.00. The lowest BCUT2D eigenvalue weighted by Crippen LogP contribution is -2.57. The number of nitrogens with two attached hydrogens (primary N) is 1. The SMILES string of the molecule is Cl.[C-]#[N+]C1(NC(=O)C2(N)CCCCC2)CC1. The molecule has 0 aromatic heterocycles. The van der Waals surface area contributed by atoms with Crippen molar-refractivity contribution < 1.29 is 4.79 Å². The van der Waals surface area contributed by atoms with Crippen LogP contribution in [-0.4, -0.2) is 17.1 Å². The van der Waals surface area contributed by atoms with Gasteiger partial charge in [-0.05, 0) is 12.8 Å². The molecule has 0 aliphatic heterocycles. The molecular formula is C11H18ClN3O. The van der Waals surface area contributed by atoms with Gasteiger partial charge in [0, 0.05) is 0 Å². The number of hydrogen-bond acceptors (Lipinski definition) is 2. The van der Waals surface area contributed by atoms with E-state index in [4.69, 9.17) is 12.3 Å². The summed E-state index contributed by atoms with van der Waals surface area (Å²) in [4.78, 5) is 15.4. The molecule has 4 nitrogen and oxygen atoms in total. The fourth-order valence-corrected chi connectivity index (χ4v) is 2.13. The Morgan fingerprint density at radius 1 is 1.19 bits per heavy atom. The summed E-state index contributed by atoms with van der Waals surface area (Å²) in [7, 11) is 0. The highest BCUT2D eigenvalue weighted by atomic mass is 35.5. The van der Waals surface area contributed by atoms with Gasteiger partial charge in [0.1, 0.15) is 0 Å². The van der Waals surface area contributed by atoms with Crippen LogP contribution in [0.3, 0.4) is 0 Å². The van der Waals surface area contributed by atoms with Crippen molar-refractivity contribution in [2.45, 2.75) is 56.1 Å². The third kappa shape index (κ3) is 2.47. The largest absolute Gasteiger partial charge is 0.317 e. The van der Waals surface area contributed by atoms with E-state index in [-0.39, 0.29) is 18.3 Å². The fourth-order valence-electron chi connectivity index (χ4n) is 2.13. The lowest BCUT2D eigenvalue weighted by molar-refractivity contribution is -0.128. The summed E-state index contributed by atoms with van der Waals surface area (Å²) in [6.45, 7) is 7.01. The van der Waals surface area contributed by atoms with Gasteiger partial charge in [-0.1, -0.05) is 19.3 Å². The molecule has 16 heavy (non-hydrogen) atoms. The predicted molar refractivity (Wildman–Crippen MR) is 64.0 cm³/mol. The Bertz CT molecular complexity index is 314. The van der Waals surface area contributed by atoms with E-state index in [2.05, 4.69) is 10.2 Å². The van der Waals surface area contributed by atoms with E-state index in [0.29, 0.717) is 0 Å². The summed E-state index contributed by atoms with van der Waals surface area (Å²) < 4.78 is 0. The van der Waals surface area contributed by atoms with Crippen LogP contribution in [0.1, 0.15) is 44.9 Å². The number of carbonyl (C=O) groups excluding carboxylic acids is 1. The van der Waals surface area contributed by atoms with E-state index in [0.717, 1.165) is 38.5 Å². The van der Waals surface area contributed by atoms with Gasteiger partial charge in [0.15, 0.2) is 0 Å². The van der Waals surface area contributed by atoms with E-state index in [1.807, 2.05) is 0 Å². The fraction of sp³-hybridized carbons (Fsp3) is 0.818. The summed E-state index contributed by atoms with van der Waals surface area (Å²) in [5, 5.41) is 2.81. The van der Waals surface area contributed by atoms with E-state index in [1.54, 1.807) is 0 Å². The van der Waals surface area contributed by atoms with E-state index in [1.165, 1.54) is 6.42 Å². The maximum absolute atomic E-state index is 12.0. The maximum Gasteiger partial charge on any atom is 0.308 e. The van der Waals surface area contributed by atoms with Crippen molar-refractivity contribution in [2.75, 3.05) is 0 Å². The van der Waals surface area contributed by atoms with Gasteiger partial charge in [0.05, 0.1) is 18.4 Å². The number of carbonyl (C=O) groups is 1. The zero-order valence-corrected chi connectivity index (χ0v) is 10.1. The molecule has 5 heteroatoms. The second-order valence-corrected chi connectivity index (χ2v) is 4.81. The lowest BCUT2D eigenvalue weighted by Gasteiger charge is -2.31. The molecule has 0 saturated heterocycles. The topological polar surface area (TPSA) is 59.5 Å². The van der Waals surface area contributed by atoms with Gasteiger partial charge in [0.25, 0.3) is 0 Å². The summed E-state index contributed by atoms with van der Waals surface area (Å²) in [6, 6.07) is 0. The standard InChI is InChI=1S/C11H17N3O.ClH/c1-13-11(7-8-11)14-9(15)10(12)5-3-2-4-6-10;/h2-8,12H2,(H,14,15);1H. The maximum atomic E-state index is 12.0. The number of hydrogen-bond donors (Lipinski definition) is 2. The Hall–Kier alpha value is -0.790. The third-order valence-corrected chi connectivity index (χ3v) is 3.48. The minimum Gasteiger partial charge on any atom is -0.317 e. The molecule has 2 aliphatic carbocycles. The van der Waals surface area contributed by atoms with Crippen molar-refractivity contribution in [1.82, 2.24) is 5.32 Å². The van der Waals surface area contributed by atoms with Crippen molar-refractivity contribution in [3.05, 3.63) is 11.4 Å². The first kappa shape index (κ1) is 13.3. The van der Waals surface area contributed by atoms with Gasteiger partial charge in [-0.2, -0.15) is 0 Å². The van der Waals surface area contributed by atoms with Crippen molar-refractivity contribution in [2.24, 2.45) is 5.73 Å². The van der Waals surface area contributed by atoms with Gasteiger partial charge in [-0.25, -0.2) is 6.57 Å². The molecule has 0 bridgehead atoms. The Morgan fingerprint density at radius 2 is 1.75 bits per heavy atom. The third-order valence-electron chi connectivity index (χ3n) is 3.48. The number of nitrogens with one attached hydrogen (secondary N) is 1. The molecule has 1 amide bonds. The smallest absolute Gasteiger partial charge is 0.308 e. The zero-order chi connectivity index (χ0) is 10.9. The molecule has 0 aromatic rings. The van der Waals surface area contributed by atoms with Gasteiger partial charge in [-0.3, -0.25) is 15.0 Å². The monoisotopic (exact) mass is 243 g/mol. The zero-order valence-electron chi connectivity index (χ0n) is 9.29. The normalized spacial score (nSPS) is 24.8. The predicted octanol–water partition coefficient (Wildman–Crippen LogP) is 1.60. The molecule has 3 N–H and O–H groups in total. The van der Waals surface area contributed by atoms with Crippen LogP contribution in [-0.2, 0) is 4.79 Å². The van der Waals surface area contributed by atoms with E-state index in [9.17, 15) is 4.79 Å². The van der Waals surface area contributed by atoms with Crippen LogP contribution in [0.5, 0.6) is 0 Å². The molecule has 0 aromatic carbocycles. The van der Waals surface area contributed by atoms with Crippen molar-refractivity contribution >= 4 is 18.3 Å². The van der Waals surface area contributed by atoms with Crippen molar-refractivity contribution in [3.63, 3.8) is 0 Å². The minimum absolute atomic E-state index is 0. The van der Waals surface area contributed by atoms with E-state index < -0.39 is 11.2 Å². The van der Waals surface area contributed by atoms with Crippen LogP contribution in [0.4, 0.5) is 0 Å². The first-order valence-corrected chi connectivity index (χ1v) is 5.60. The van der Waals surface area contributed by atoms with Crippen LogP contribution in [0.15, 0.2) is 0 Å². The first-order chi connectivity index (χ1) is 7.10. The second kappa shape index (κ2) is 4.60. The molecular weight excluding hydrogens is 226 g/mol. The average molecular weight is 244 g/mol. The minimum atomic E-state index is -0.710. The van der Waals surface area contributed by atoms with Gasteiger partial charge < -0.3 is 5.73 Å². The summed E-state index contributed by atoms with van der Waals surface area (Å²) >= 11 is 0. The number of halogens is 1. The summed E-state index contributed by atoms with van der Waals surface area (Å²) in [6.07, 6.45) is 6.28. The van der Waals surface area contributed by atoms with Crippen LogP contribution in [0.2, 0.25) is 0 Å². The molecule has 2 aliphatic rings. The Balaban J connectivity index is 0.00000128. The van der Waals surface area contributed by atoms with Crippen LogP contribution in [0, 0.1) is 6.57 Å². The molecule has 0 heterocycles. The highest BCUT2D eigenvalue weighted by Crippen LogP contribution is 2.38. The van der Waals surface area contributed by atoms with Crippen LogP contribution in [0.25, 0.3) is 4.85 Å². The number of nitrogens with zero attached hydrogens (tertiary/aromatic N) is 1. The van der Waals surface area contributed by atoms with Crippen LogP contribution >= 0.6 is 12.4 Å². The summed E-state index contributed by atoms with van der Waals surface area (Å²) in [5.74, 6) is -0.115. The Labute approximate surface area is 102 Å². The van der Waals surface area contributed by atoms with Crippen LogP contribution < -0.4 is 11.1 Å². The van der Waals surface area contributed by atoms with Gasteiger partial charge in [0.2, 0.25) is 5.91 Å². The second-order valence-electron chi connectivity index (χ2n) is 4.81. The number of rotatable bonds is 2. The Kier molecular flexibility index (Phi) is 3.82. The molecule has 0 radical (unpaired) electrons. The quantitative estimate of drug-likeness (QED) is 0.724. The number of amides is 1. The molecule has 2 fully saturated rings. The molecule has 2 saturated carbocycles. The van der Waals surface area contributed by atoms with Gasteiger partial charge >= 0.3 is 5.66 Å². The van der Waals surface area contributed by atoms with Crippen molar-refractivity contribution in [1.29, 1.82) is 0 Å². The molecule has 2 rings (SSSR count). The summed E-state index contributed by atoms with van der Waals surface area (Å²) in [5.41, 5.74) is 4.77. The molecule has 0 spiro atoms. The molecule has 0 unspecified atom stereocenters. The first-order valence-electron chi connectivity index (χ1n) is 5.60. The molecule has 90 valence electrons.